The highest BCUT2D eigenvalue weighted by molar-refractivity contribution is 7.98. The number of hydrogen-bond acceptors (Lipinski definition) is 4. The first-order valence-electron chi connectivity index (χ1n) is 10.8. The number of aryl methyl sites for hydroxylation is 1. The van der Waals surface area contributed by atoms with Crippen LogP contribution in [0.25, 0.3) is 22.0 Å². The van der Waals surface area contributed by atoms with E-state index >= 15 is 0 Å². The average Bonchev–Trinajstić information content (AvgIpc) is 3.37. The van der Waals surface area contributed by atoms with Crippen molar-refractivity contribution in [2.24, 2.45) is 0 Å². The number of rotatable bonds is 6. The average molecular weight is 485 g/mol. The standard InChI is InChI=1S/C27H21ClN4OS/c1-17-14-18(16-34-27-30-12-13-31-27)6-8-21(17)26(33)32-20-7-9-24(28)23(15-20)25-22-5-3-2-4-19(22)10-11-29-25/h2-15H,16H2,1H3,(H,30,31)(H,32,33). The Balaban J connectivity index is 1.37. The maximum Gasteiger partial charge on any atom is 0.255 e. The Morgan fingerprint density at radius 1 is 1.03 bits per heavy atom. The molecule has 7 heteroatoms. The second-order valence-electron chi connectivity index (χ2n) is 7.86. The number of nitrogens with one attached hydrogen (secondary N) is 2. The van der Waals surface area contributed by atoms with Gasteiger partial charge in [-0.2, -0.15) is 0 Å². The molecule has 0 radical (unpaired) electrons. The molecule has 1 amide bonds. The van der Waals surface area contributed by atoms with E-state index in [4.69, 9.17) is 11.6 Å². The smallest absolute Gasteiger partial charge is 0.255 e. The van der Waals surface area contributed by atoms with Gasteiger partial charge in [-0.15, -0.1) is 0 Å². The van der Waals surface area contributed by atoms with Crippen molar-refractivity contribution in [3.05, 3.63) is 107 Å². The zero-order valence-corrected chi connectivity index (χ0v) is 20.0. The third kappa shape index (κ3) is 4.69. The third-order valence-electron chi connectivity index (χ3n) is 5.54. The first-order valence-corrected chi connectivity index (χ1v) is 12.1. The summed E-state index contributed by atoms with van der Waals surface area (Å²) >= 11 is 8.15. The maximum atomic E-state index is 13.1. The fraction of sp³-hybridized carbons (Fsp3) is 0.0741. The number of hydrogen-bond donors (Lipinski definition) is 2. The van der Waals surface area contributed by atoms with Crippen LogP contribution in [0.1, 0.15) is 21.5 Å². The molecule has 0 unspecified atom stereocenters. The van der Waals surface area contributed by atoms with Crippen LogP contribution in [-0.4, -0.2) is 20.9 Å². The second kappa shape index (κ2) is 9.71. The minimum atomic E-state index is -0.165. The molecule has 0 saturated carbocycles. The molecule has 0 aliphatic carbocycles. The summed E-state index contributed by atoms with van der Waals surface area (Å²) in [6, 6.07) is 21.4. The number of anilines is 1. The Kier molecular flexibility index (Phi) is 6.34. The minimum absolute atomic E-state index is 0.165. The molecule has 0 aliphatic heterocycles. The largest absolute Gasteiger partial charge is 0.340 e. The van der Waals surface area contributed by atoms with Crippen molar-refractivity contribution in [1.29, 1.82) is 0 Å². The van der Waals surface area contributed by atoms with Gasteiger partial charge >= 0.3 is 0 Å². The van der Waals surface area contributed by atoms with Gasteiger partial charge in [0.05, 0.1) is 10.7 Å². The molecular formula is C27H21ClN4OS. The van der Waals surface area contributed by atoms with Crippen LogP contribution in [-0.2, 0) is 5.75 Å². The van der Waals surface area contributed by atoms with Crippen molar-refractivity contribution in [2.45, 2.75) is 17.8 Å². The van der Waals surface area contributed by atoms with Crippen LogP contribution in [0, 0.1) is 6.92 Å². The van der Waals surface area contributed by atoms with Gasteiger partial charge in [-0.25, -0.2) is 4.98 Å². The van der Waals surface area contributed by atoms with Gasteiger partial charge < -0.3 is 10.3 Å². The van der Waals surface area contributed by atoms with Crippen LogP contribution in [0.4, 0.5) is 5.69 Å². The molecule has 0 aliphatic rings. The van der Waals surface area contributed by atoms with E-state index in [-0.39, 0.29) is 5.91 Å². The summed E-state index contributed by atoms with van der Waals surface area (Å²) in [6.45, 7) is 1.95. The van der Waals surface area contributed by atoms with E-state index in [1.807, 2.05) is 61.5 Å². The molecule has 168 valence electrons. The Bertz CT molecular complexity index is 1480. The summed E-state index contributed by atoms with van der Waals surface area (Å²) in [5, 5.41) is 6.56. The number of imidazole rings is 1. The van der Waals surface area contributed by atoms with Crippen LogP contribution in [0.2, 0.25) is 5.02 Å². The summed E-state index contributed by atoms with van der Waals surface area (Å²) in [5.74, 6) is 0.608. The van der Waals surface area contributed by atoms with E-state index in [0.29, 0.717) is 16.3 Å². The van der Waals surface area contributed by atoms with Crippen LogP contribution >= 0.6 is 23.4 Å². The molecule has 2 heterocycles. The van der Waals surface area contributed by atoms with Gasteiger partial charge in [0, 0.05) is 46.5 Å². The predicted octanol–water partition coefficient (Wildman–Crippen LogP) is 7.13. The zero-order valence-electron chi connectivity index (χ0n) is 18.4. The molecule has 0 atom stereocenters. The van der Waals surface area contributed by atoms with E-state index in [1.165, 1.54) is 0 Å². The highest BCUT2D eigenvalue weighted by atomic mass is 35.5. The number of thioether (sulfide) groups is 1. The number of aromatic amines is 1. The first kappa shape index (κ1) is 22.2. The molecule has 5 aromatic rings. The van der Waals surface area contributed by atoms with E-state index in [0.717, 1.165) is 44.1 Å². The number of nitrogens with zero attached hydrogens (tertiary/aromatic N) is 2. The van der Waals surface area contributed by atoms with Crippen LogP contribution in [0.3, 0.4) is 0 Å². The Labute approximate surface area is 206 Å². The van der Waals surface area contributed by atoms with E-state index in [2.05, 4.69) is 20.3 Å². The van der Waals surface area contributed by atoms with Gasteiger partial charge in [0.25, 0.3) is 5.91 Å². The molecule has 5 nitrogen and oxygen atoms in total. The monoisotopic (exact) mass is 484 g/mol. The predicted molar refractivity (Wildman–Crippen MR) is 139 cm³/mol. The summed E-state index contributed by atoms with van der Waals surface area (Å²) in [7, 11) is 0. The van der Waals surface area contributed by atoms with Crippen molar-refractivity contribution < 1.29 is 4.79 Å². The number of pyridine rings is 1. The number of carbonyl (C=O) groups is 1. The van der Waals surface area contributed by atoms with Crippen LogP contribution in [0.15, 0.2) is 90.5 Å². The fourth-order valence-corrected chi connectivity index (χ4v) is 4.85. The third-order valence-corrected chi connectivity index (χ3v) is 6.84. The lowest BCUT2D eigenvalue weighted by Crippen LogP contribution is -2.13. The lowest BCUT2D eigenvalue weighted by atomic mass is 10.0. The van der Waals surface area contributed by atoms with E-state index in [1.54, 1.807) is 42.5 Å². The number of aromatic nitrogens is 3. The first-order chi connectivity index (χ1) is 16.6. The molecular weight excluding hydrogens is 464 g/mol. The SMILES string of the molecule is Cc1cc(CSc2ncc[nH]2)ccc1C(=O)Nc1ccc(Cl)c(-c2nccc3ccccc23)c1. The topological polar surface area (TPSA) is 70.7 Å². The molecule has 2 N–H and O–H groups in total. The maximum absolute atomic E-state index is 13.1. The van der Waals surface area contributed by atoms with Gasteiger partial charge in [0.1, 0.15) is 0 Å². The molecule has 34 heavy (non-hydrogen) atoms. The summed E-state index contributed by atoms with van der Waals surface area (Å²) in [5.41, 5.74) is 4.90. The number of halogens is 1. The summed E-state index contributed by atoms with van der Waals surface area (Å²) in [4.78, 5) is 24.9. The van der Waals surface area contributed by atoms with E-state index < -0.39 is 0 Å². The number of carbonyl (C=O) groups excluding carboxylic acids is 1. The number of H-pyrrole nitrogens is 1. The highest BCUT2D eigenvalue weighted by Gasteiger charge is 2.14. The molecule has 0 fully saturated rings. The number of benzene rings is 3. The quantitative estimate of drug-likeness (QED) is 0.251. The number of amides is 1. The van der Waals surface area contributed by atoms with Crippen molar-refractivity contribution in [3.63, 3.8) is 0 Å². The zero-order chi connectivity index (χ0) is 23.5. The van der Waals surface area contributed by atoms with Gasteiger partial charge in [0.15, 0.2) is 5.16 Å². The Morgan fingerprint density at radius 2 is 1.91 bits per heavy atom. The second-order valence-corrected chi connectivity index (χ2v) is 9.23. The lowest BCUT2D eigenvalue weighted by molar-refractivity contribution is 0.102. The Hall–Kier alpha value is -3.61. The van der Waals surface area contributed by atoms with Crippen molar-refractivity contribution >= 4 is 45.7 Å². The highest BCUT2D eigenvalue weighted by Crippen LogP contribution is 2.34. The summed E-state index contributed by atoms with van der Waals surface area (Å²) in [6.07, 6.45) is 5.31. The molecule has 2 aromatic heterocycles. The van der Waals surface area contributed by atoms with Crippen molar-refractivity contribution in [1.82, 2.24) is 15.0 Å². The molecule has 0 spiro atoms. The Morgan fingerprint density at radius 3 is 2.74 bits per heavy atom. The van der Waals surface area contributed by atoms with Crippen LogP contribution < -0.4 is 5.32 Å². The molecule has 0 bridgehead atoms. The van der Waals surface area contributed by atoms with Crippen molar-refractivity contribution in [2.75, 3.05) is 5.32 Å². The minimum Gasteiger partial charge on any atom is -0.340 e. The van der Waals surface area contributed by atoms with Gasteiger partial charge in [0.2, 0.25) is 0 Å². The van der Waals surface area contributed by atoms with Gasteiger partial charge in [-0.1, -0.05) is 59.8 Å². The van der Waals surface area contributed by atoms with Gasteiger partial charge in [-0.05, 0) is 53.8 Å². The van der Waals surface area contributed by atoms with Crippen molar-refractivity contribution in [3.8, 4) is 11.3 Å². The molecule has 0 saturated heterocycles. The van der Waals surface area contributed by atoms with E-state index in [9.17, 15) is 4.79 Å². The summed E-state index contributed by atoms with van der Waals surface area (Å²) < 4.78 is 0. The molecule has 3 aromatic carbocycles. The fourth-order valence-electron chi connectivity index (χ4n) is 3.87. The lowest BCUT2D eigenvalue weighted by Gasteiger charge is -2.12. The van der Waals surface area contributed by atoms with Crippen LogP contribution in [0.5, 0.6) is 0 Å². The number of fused-ring (bicyclic) bond motifs is 1. The normalized spacial score (nSPS) is 11.0. The molecule has 5 rings (SSSR count). The van der Waals surface area contributed by atoms with Gasteiger partial charge in [-0.3, -0.25) is 9.78 Å².